The highest BCUT2D eigenvalue weighted by Crippen LogP contribution is 2.29. The molecule has 1 aliphatic heterocycles. The molecule has 35 heavy (non-hydrogen) atoms. The number of ether oxygens (including phenoxy) is 1. The highest BCUT2D eigenvalue weighted by molar-refractivity contribution is 6.34. The molecule has 0 aliphatic carbocycles. The first-order chi connectivity index (χ1) is 16.9. The lowest BCUT2D eigenvalue weighted by Crippen LogP contribution is -2.46. The molecule has 0 atom stereocenters. The van der Waals surface area contributed by atoms with Crippen LogP contribution in [-0.2, 0) is 9.59 Å². The highest BCUT2D eigenvalue weighted by atomic mass is 16.5. The number of primary amides is 1. The molecule has 0 radical (unpaired) electrons. The molecule has 178 valence electrons. The Kier molecular flexibility index (Phi) is 5.47. The van der Waals surface area contributed by atoms with Crippen LogP contribution in [0.5, 0.6) is 5.88 Å². The fraction of sp³-hybridized carbons (Fsp3) is 0.261. The zero-order valence-electron chi connectivity index (χ0n) is 18.7. The molecule has 0 bridgehead atoms. The lowest BCUT2D eigenvalue weighted by Gasteiger charge is -2.32. The summed E-state index contributed by atoms with van der Waals surface area (Å²) in [6.07, 6.45) is 3.84. The van der Waals surface area contributed by atoms with E-state index in [-0.39, 0.29) is 24.5 Å². The van der Waals surface area contributed by atoms with Crippen LogP contribution in [0.4, 0.5) is 0 Å². The molecule has 12 nitrogen and oxygen atoms in total. The second kappa shape index (κ2) is 8.63. The van der Waals surface area contributed by atoms with E-state index < -0.39 is 23.1 Å². The lowest BCUT2D eigenvalue weighted by atomic mass is 10.0. The minimum atomic E-state index is -1.02. The first-order valence-corrected chi connectivity index (χ1v) is 10.9. The van der Waals surface area contributed by atoms with Crippen LogP contribution >= 0.6 is 0 Å². The number of methoxy groups -OCH3 is 1. The maximum Gasteiger partial charge on any atom is 0.329 e. The van der Waals surface area contributed by atoms with Crippen molar-refractivity contribution < 1.29 is 14.3 Å². The Labute approximate surface area is 197 Å². The second-order valence-corrected chi connectivity index (χ2v) is 8.19. The maximum absolute atomic E-state index is 13.0. The topological polar surface area (TPSA) is 166 Å². The predicted octanol–water partition coefficient (Wildman–Crippen LogP) is 0.352. The van der Waals surface area contributed by atoms with Crippen molar-refractivity contribution in [1.82, 2.24) is 29.4 Å². The third kappa shape index (κ3) is 3.88. The van der Waals surface area contributed by atoms with Crippen LogP contribution in [0.1, 0.15) is 18.9 Å². The van der Waals surface area contributed by atoms with Crippen LogP contribution in [0.3, 0.4) is 0 Å². The zero-order valence-corrected chi connectivity index (χ0v) is 18.7. The molecule has 3 N–H and O–H groups in total. The minimum Gasteiger partial charge on any atom is -0.481 e. The standard InChI is InChI=1S/C23H21N7O5/c1-35-17-5-2-12(10-26-17)15-3-4-16-18(27-15)19-14(11-25-16)21(32)28-23(34)30(19)13-6-8-29(9-7-13)22(33)20(24)31/h2-5,10-11,13H,6-9H2,1H3,(H2,24,31)(H,28,32,34). The molecule has 1 saturated heterocycles. The number of H-pyrrole nitrogens is 1. The van der Waals surface area contributed by atoms with Crippen LogP contribution in [0.15, 0.2) is 46.2 Å². The number of carbonyl (C=O) groups excluding carboxylic acids is 2. The molecule has 5 rings (SSSR count). The summed E-state index contributed by atoms with van der Waals surface area (Å²) in [7, 11) is 1.53. The average Bonchev–Trinajstić information content (AvgIpc) is 2.88. The van der Waals surface area contributed by atoms with Gasteiger partial charge in [-0.15, -0.1) is 0 Å². The number of rotatable bonds is 3. The fourth-order valence-electron chi connectivity index (χ4n) is 4.43. The Hall–Kier alpha value is -4.61. The van der Waals surface area contributed by atoms with Crippen molar-refractivity contribution >= 4 is 33.8 Å². The number of fused-ring (bicyclic) bond motifs is 3. The van der Waals surface area contributed by atoms with Crippen LogP contribution in [0, 0.1) is 0 Å². The smallest absolute Gasteiger partial charge is 0.329 e. The number of pyridine rings is 3. The van der Waals surface area contributed by atoms with Crippen molar-refractivity contribution in [1.29, 1.82) is 0 Å². The molecule has 12 heteroatoms. The Morgan fingerprint density at radius 1 is 1.09 bits per heavy atom. The summed E-state index contributed by atoms with van der Waals surface area (Å²) in [6.45, 7) is 0.497. The van der Waals surface area contributed by atoms with Crippen LogP contribution in [-0.4, -0.2) is 61.4 Å². The highest BCUT2D eigenvalue weighted by Gasteiger charge is 2.28. The number of nitrogens with two attached hydrogens (primary N) is 1. The van der Waals surface area contributed by atoms with Crippen molar-refractivity contribution in [3.63, 3.8) is 0 Å². The van der Waals surface area contributed by atoms with Gasteiger partial charge in [0.05, 0.1) is 29.2 Å². The summed E-state index contributed by atoms with van der Waals surface area (Å²) in [6, 6.07) is 6.74. The van der Waals surface area contributed by atoms with E-state index in [0.717, 1.165) is 5.56 Å². The van der Waals surface area contributed by atoms with Crippen molar-refractivity contribution in [3.05, 3.63) is 57.5 Å². The Bertz CT molecular complexity index is 1580. The van der Waals surface area contributed by atoms with Crippen LogP contribution in [0.25, 0.3) is 33.2 Å². The van der Waals surface area contributed by atoms with Gasteiger partial charge in [0.15, 0.2) is 0 Å². The Morgan fingerprint density at radius 2 is 1.86 bits per heavy atom. The molecule has 4 aromatic heterocycles. The van der Waals surface area contributed by atoms with E-state index in [2.05, 4.69) is 15.0 Å². The summed E-state index contributed by atoms with van der Waals surface area (Å²) in [5, 5.41) is 0.227. The molecule has 1 aliphatic rings. The molecule has 4 aromatic rings. The predicted molar refractivity (Wildman–Crippen MR) is 126 cm³/mol. The average molecular weight is 475 g/mol. The SMILES string of the molecule is COc1ccc(-c2ccc3ncc4c(=O)[nH]c(=O)n(C5CCN(C(=O)C(N)=O)CC5)c4c3n2)cn1. The molecule has 0 saturated carbocycles. The fourth-order valence-corrected chi connectivity index (χ4v) is 4.43. The zero-order chi connectivity index (χ0) is 24.7. The summed E-state index contributed by atoms with van der Waals surface area (Å²) < 4.78 is 6.62. The Balaban J connectivity index is 1.65. The Morgan fingerprint density at radius 3 is 2.51 bits per heavy atom. The number of nitrogens with one attached hydrogen (secondary N) is 1. The molecule has 0 spiro atoms. The molecular weight excluding hydrogens is 454 g/mol. The van der Waals surface area contributed by atoms with E-state index in [1.54, 1.807) is 24.4 Å². The number of hydrogen-bond donors (Lipinski definition) is 2. The van der Waals surface area contributed by atoms with Gasteiger partial charge in [0, 0.05) is 43.2 Å². The lowest BCUT2D eigenvalue weighted by molar-refractivity contribution is -0.145. The maximum atomic E-state index is 13.0. The van der Waals surface area contributed by atoms with Crippen molar-refractivity contribution in [2.75, 3.05) is 20.2 Å². The molecule has 5 heterocycles. The van der Waals surface area contributed by atoms with Gasteiger partial charge in [0.25, 0.3) is 5.56 Å². The van der Waals surface area contributed by atoms with Gasteiger partial charge in [-0.2, -0.15) is 0 Å². The van der Waals surface area contributed by atoms with E-state index >= 15 is 0 Å². The van der Waals surface area contributed by atoms with Gasteiger partial charge in [-0.25, -0.2) is 14.8 Å². The van der Waals surface area contributed by atoms with Gasteiger partial charge in [-0.05, 0) is 31.0 Å². The number of nitrogens with zero attached hydrogens (tertiary/aromatic N) is 5. The number of amides is 2. The van der Waals surface area contributed by atoms with Gasteiger partial charge in [-0.1, -0.05) is 0 Å². The third-order valence-electron chi connectivity index (χ3n) is 6.18. The van der Waals surface area contributed by atoms with E-state index in [1.165, 1.54) is 22.8 Å². The van der Waals surface area contributed by atoms with Gasteiger partial charge in [-0.3, -0.25) is 28.9 Å². The molecular formula is C23H21N7O5. The van der Waals surface area contributed by atoms with Crippen LogP contribution in [0.2, 0.25) is 0 Å². The normalized spacial score (nSPS) is 14.4. The number of aromatic amines is 1. The summed E-state index contributed by atoms with van der Waals surface area (Å²) >= 11 is 0. The first kappa shape index (κ1) is 22.2. The van der Waals surface area contributed by atoms with Gasteiger partial charge < -0.3 is 15.4 Å². The quantitative estimate of drug-likeness (QED) is 0.316. The molecule has 0 aromatic carbocycles. The van der Waals surface area contributed by atoms with E-state index in [0.29, 0.717) is 41.0 Å². The molecule has 0 unspecified atom stereocenters. The second-order valence-electron chi connectivity index (χ2n) is 8.19. The minimum absolute atomic E-state index is 0.227. The number of likely N-dealkylation sites (tertiary alicyclic amines) is 1. The van der Waals surface area contributed by atoms with Gasteiger partial charge >= 0.3 is 17.5 Å². The van der Waals surface area contributed by atoms with E-state index in [1.807, 2.05) is 6.07 Å². The number of piperidine rings is 1. The van der Waals surface area contributed by atoms with Crippen molar-refractivity contribution in [2.45, 2.75) is 18.9 Å². The largest absolute Gasteiger partial charge is 0.481 e. The van der Waals surface area contributed by atoms with Crippen LogP contribution < -0.4 is 21.7 Å². The number of carbonyl (C=O) groups is 2. The van der Waals surface area contributed by atoms with E-state index in [4.69, 9.17) is 15.5 Å². The summed E-state index contributed by atoms with van der Waals surface area (Å²) in [5.41, 5.74) is 6.57. The number of hydrogen-bond acceptors (Lipinski definition) is 8. The summed E-state index contributed by atoms with van der Waals surface area (Å²) in [4.78, 5) is 66.0. The number of aromatic nitrogens is 5. The van der Waals surface area contributed by atoms with Gasteiger partial charge in [0.1, 0.15) is 5.52 Å². The van der Waals surface area contributed by atoms with E-state index in [9.17, 15) is 19.2 Å². The monoisotopic (exact) mass is 475 g/mol. The summed E-state index contributed by atoms with van der Waals surface area (Å²) in [5.74, 6) is -1.31. The first-order valence-electron chi connectivity index (χ1n) is 10.9. The molecule has 2 amide bonds. The van der Waals surface area contributed by atoms with Crippen molar-refractivity contribution in [2.24, 2.45) is 5.73 Å². The third-order valence-corrected chi connectivity index (χ3v) is 6.18. The molecule has 1 fully saturated rings. The van der Waals surface area contributed by atoms with Gasteiger partial charge in [0.2, 0.25) is 5.88 Å². The van der Waals surface area contributed by atoms with Crippen molar-refractivity contribution in [3.8, 4) is 17.1 Å².